The molecule has 1 aromatic heterocycles. The molecule has 2 aromatic rings. The van der Waals surface area contributed by atoms with Crippen molar-refractivity contribution in [3.63, 3.8) is 0 Å². The Morgan fingerprint density at radius 3 is 2.61 bits per heavy atom. The van der Waals surface area contributed by atoms with Gasteiger partial charge in [-0.05, 0) is 24.1 Å². The van der Waals surface area contributed by atoms with Crippen LogP contribution in [0.4, 0.5) is 0 Å². The van der Waals surface area contributed by atoms with Crippen LogP contribution in [0, 0.1) is 5.92 Å². The summed E-state index contributed by atoms with van der Waals surface area (Å²) in [6.07, 6.45) is 2.07. The van der Waals surface area contributed by atoms with Crippen molar-refractivity contribution < 1.29 is 19.5 Å². The fourth-order valence-electron chi connectivity index (χ4n) is 3.35. The topological polar surface area (TPSA) is 99.6 Å². The van der Waals surface area contributed by atoms with Gasteiger partial charge in [-0.3, -0.25) is 19.4 Å². The second-order valence-corrected chi connectivity index (χ2v) is 6.90. The predicted octanol–water partition coefficient (Wildman–Crippen LogP) is 2.15. The van der Waals surface area contributed by atoms with Gasteiger partial charge in [-0.25, -0.2) is 0 Å². The second kappa shape index (κ2) is 9.12. The van der Waals surface area contributed by atoms with Crippen molar-refractivity contribution in [1.82, 2.24) is 15.2 Å². The lowest BCUT2D eigenvalue weighted by molar-refractivity contribution is -0.137. The van der Waals surface area contributed by atoms with Gasteiger partial charge in [0.1, 0.15) is 0 Å². The molecule has 7 nitrogen and oxygen atoms in total. The number of nitrogens with one attached hydrogen (secondary N) is 1. The summed E-state index contributed by atoms with van der Waals surface area (Å²) in [6.45, 7) is 0.715. The van der Waals surface area contributed by atoms with E-state index in [1.807, 2.05) is 48.5 Å². The summed E-state index contributed by atoms with van der Waals surface area (Å²) in [6, 6.07) is 14.4. The van der Waals surface area contributed by atoms with E-state index in [0.717, 1.165) is 11.3 Å². The summed E-state index contributed by atoms with van der Waals surface area (Å²) in [7, 11) is 0. The highest BCUT2D eigenvalue weighted by molar-refractivity contribution is 5.89. The van der Waals surface area contributed by atoms with Crippen LogP contribution >= 0.6 is 0 Å². The number of rotatable bonds is 8. The number of carboxylic acid groups (broad SMARTS) is 1. The number of hydrogen-bond acceptors (Lipinski definition) is 4. The number of carbonyl (C=O) groups excluding carboxylic acids is 2. The van der Waals surface area contributed by atoms with E-state index in [1.165, 1.54) is 0 Å². The smallest absolute Gasteiger partial charge is 0.303 e. The zero-order valence-electron chi connectivity index (χ0n) is 15.5. The van der Waals surface area contributed by atoms with Crippen LogP contribution in [-0.4, -0.2) is 39.3 Å². The zero-order valence-corrected chi connectivity index (χ0v) is 15.5. The highest BCUT2D eigenvalue weighted by Gasteiger charge is 2.35. The average molecular weight is 381 g/mol. The van der Waals surface area contributed by atoms with Crippen LogP contribution in [0.2, 0.25) is 0 Å². The van der Waals surface area contributed by atoms with Gasteiger partial charge in [-0.1, -0.05) is 36.4 Å². The molecule has 0 spiro atoms. The van der Waals surface area contributed by atoms with Crippen LogP contribution in [0.3, 0.4) is 0 Å². The van der Waals surface area contributed by atoms with Gasteiger partial charge in [-0.15, -0.1) is 0 Å². The molecule has 1 aliphatic rings. The minimum Gasteiger partial charge on any atom is -0.481 e. The van der Waals surface area contributed by atoms with E-state index >= 15 is 0 Å². The van der Waals surface area contributed by atoms with E-state index in [-0.39, 0.29) is 24.7 Å². The van der Waals surface area contributed by atoms with Crippen LogP contribution in [0.1, 0.15) is 36.6 Å². The maximum Gasteiger partial charge on any atom is 0.303 e. The molecule has 7 heteroatoms. The minimum atomic E-state index is -0.909. The van der Waals surface area contributed by atoms with E-state index in [4.69, 9.17) is 5.11 Å². The van der Waals surface area contributed by atoms with Gasteiger partial charge < -0.3 is 15.3 Å². The third-order valence-corrected chi connectivity index (χ3v) is 4.83. The molecular weight excluding hydrogens is 358 g/mol. The first-order chi connectivity index (χ1) is 13.5. The number of aliphatic carboxylic acids is 1. The van der Waals surface area contributed by atoms with Gasteiger partial charge in [0.25, 0.3) is 0 Å². The van der Waals surface area contributed by atoms with Crippen LogP contribution in [0.5, 0.6) is 0 Å². The van der Waals surface area contributed by atoms with Gasteiger partial charge in [0.2, 0.25) is 11.8 Å². The lowest BCUT2D eigenvalue weighted by atomic mass is 10.00. The normalized spacial score (nSPS) is 17.4. The number of carboxylic acids is 1. The molecule has 1 aliphatic heterocycles. The Kier molecular flexibility index (Phi) is 6.37. The van der Waals surface area contributed by atoms with Gasteiger partial charge in [0.15, 0.2) is 0 Å². The van der Waals surface area contributed by atoms with Gasteiger partial charge in [0.05, 0.1) is 24.2 Å². The molecule has 2 N–H and O–H groups in total. The van der Waals surface area contributed by atoms with Gasteiger partial charge in [0, 0.05) is 25.6 Å². The number of carbonyl (C=O) groups is 3. The highest BCUT2D eigenvalue weighted by Crippen LogP contribution is 2.23. The van der Waals surface area contributed by atoms with Crippen molar-refractivity contribution in [3.8, 4) is 0 Å². The van der Waals surface area contributed by atoms with E-state index in [2.05, 4.69) is 10.3 Å². The summed E-state index contributed by atoms with van der Waals surface area (Å²) < 4.78 is 0. The van der Waals surface area contributed by atoms with Crippen molar-refractivity contribution in [2.45, 2.75) is 31.8 Å². The Morgan fingerprint density at radius 2 is 1.93 bits per heavy atom. The minimum absolute atomic E-state index is 0.0464. The molecule has 3 rings (SSSR count). The Morgan fingerprint density at radius 1 is 1.18 bits per heavy atom. The SMILES string of the molecule is O=C(O)CC[C@H](NC(=O)[C@@H]1CC(=O)N(Cc2ccccn2)C1)c1ccccc1. The third-order valence-electron chi connectivity index (χ3n) is 4.83. The Hall–Kier alpha value is -3.22. The summed E-state index contributed by atoms with van der Waals surface area (Å²) in [4.78, 5) is 41.9. The molecule has 2 atom stereocenters. The molecule has 1 saturated heterocycles. The molecule has 2 amide bonds. The predicted molar refractivity (Wildman–Crippen MR) is 102 cm³/mol. The maximum absolute atomic E-state index is 12.8. The molecule has 0 aliphatic carbocycles. The molecule has 1 fully saturated rings. The van der Waals surface area contributed by atoms with E-state index in [9.17, 15) is 14.4 Å². The van der Waals surface area contributed by atoms with Crippen molar-refractivity contribution in [3.05, 3.63) is 66.0 Å². The molecule has 0 radical (unpaired) electrons. The number of aromatic nitrogens is 1. The molecule has 146 valence electrons. The fourth-order valence-corrected chi connectivity index (χ4v) is 3.35. The Labute approximate surface area is 163 Å². The van der Waals surface area contributed by atoms with Crippen molar-refractivity contribution in [1.29, 1.82) is 0 Å². The van der Waals surface area contributed by atoms with Gasteiger partial charge >= 0.3 is 5.97 Å². The summed E-state index contributed by atoms with van der Waals surface area (Å²) >= 11 is 0. The van der Waals surface area contributed by atoms with Crippen LogP contribution in [-0.2, 0) is 20.9 Å². The molecular formula is C21H23N3O4. The quantitative estimate of drug-likeness (QED) is 0.730. The standard InChI is InChI=1S/C21H23N3O4/c25-19-12-16(13-24(19)14-17-8-4-5-11-22-17)21(28)23-18(9-10-20(26)27)15-6-2-1-3-7-15/h1-8,11,16,18H,9-10,12-14H2,(H,23,28)(H,26,27)/t16-,18+/m1/s1. The van der Waals surface area contributed by atoms with E-state index in [0.29, 0.717) is 19.5 Å². The zero-order chi connectivity index (χ0) is 19.9. The van der Waals surface area contributed by atoms with Crippen LogP contribution in [0.25, 0.3) is 0 Å². The molecule has 0 saturated carbocycles. The van der Waals surface area contributed by atoms with E-state index in [1.54, 1.807) is 11.1 Å². The summed E-state index contributed by atoms with van der Waals surface area (Å²) in [5.74, 6) is -1.66. The van der Waals surface area contributed by atoms with E-state index < -0.39 is 17.9 Å². The number of hydrogen-bond donors (Lipinski definition) is 2. The van der Waals surface area contributed by atoms with Crippen LogP contribution in [0.15, 0.2) is 54.7 Å². The van der Waals surface area contributed by atoms with Crippen molar-refractivity contribution in [2.75, 3.05) is 6.54 Å². The molecule has 0 unspecified atom stereocenters. The van der Waals surface area contributed by atoms with Crippen molar-refractivity contribution in [2.24, 2.45) is 5.92 Å². The molecule has 1 aromatic carbocycles. The number of pyridine rings is 1. The monoisotopic (exact) mass is 381 g/mol. The first-order valence-electron chi connectivity index (χ1n) is 9.27. The first-order valence-corrected chi connectivity index (χ1v) is 9.27. The number of amides is 2. The third kappa shape index (κ3) is 5.16. The molecule has 2 heterocycles. The second-order valence-electron chi connectivity index (χ2n) is 6.90. The lowest BCUT2D eigenvalue weighted by Gasteiger charge is -2.21. The number of likely N-dealkylation sites (tertiary alicyclic amines) is 1. The number of nitrogens with zero attached hydrogens (tertiary/aromatic N) is 2. The summed E-state index contributed by atoms with van der Waals surface area (Å²) in [5.41, 5.74) is 1.63. The van der Waals surface area contributed by atoms with Crippen LogP contribution < -0.4 is 5.32 Å². The highest BCUT2D eigenvalue weighted by atomic mass is 16.4. The molecule has 28 heavy (non-hydrogen) atoms. The summed E-state index contributed by atoms with van der Waals surface area (Å²) in [5, 5.41) is 11.9. The Balaban J connectivity index is 1.63. The Bertz CT molecular complexity index is 826. The maximum atomic E-state index is 12.8. The largest absolute Gasteiger partial charge is 0.481 e. The lowest BCUT2D eigenvalue weighted by Crippen LogP contribution is -2.35. The fraction of sp³-hybridized carbons (Fsp3) is 0.333. The first kappa shape index (κ1) is 19.5. The average Bonchev–Trinajstić information content (AvgIpc) is 3.07. The number of benzene rings is 1. The molecule has 0 bridgehead atoms. The van der Waals surface area contributed by atoms with Crippen molar-refractivity contribution >= 4 is 17.8 Å². The van der Waals surface area contributed by atoms with Gasteiger partial charge in [-0.2, -0.15) is 0 Å².